The molecule has 1 aliphatic carbocycles. The highest BCUT2D eigenvalue weighted by Gasteiger charge is 2.24. The van der Waals surface area contributed by atoms with Gasteiger partial charge >= 0.3 is 0 Å². The molecule has 2 heterocycles. The minimum Gasteiger partial charge on any atom is -0.309 e. The van der Waals surface area contributed by atoms with Gasteiger partial charge in [0.05, 0.1) is 22.2 Å². The first-order chi connectivity index (χ1) is 20.8. The third-order valence-electron chi connectivity index (χ3n) is 8.63. The molecule has 1 aliphatic rings. The summed E-state index contributed by atoms with van der Waals surface area (Å²) in [7, 11) is 0. The molecule has 0 atom stereocenters. The predicted octanol–water partition coefficient (Wildman–Crippen LogP) is 9.63. The maximum atomic E-state index is 5.15. The van der Waals surface area contributed by atoms with Crippen LogP contribution in [0.15, 0.2) is 140 Å². The second-order valence-corrected chi connectivity index (χ2v) is 11.0. The van der Waals surface area contributed by atoms with E-state index in [0.29, 0.717) is 0 Å². The molecule has 0 fully saturated rings. The zero-order valence-corrected chi connectivity index (χ0v) is 22.8. The molecule has 3 heteroatoms. The summed E-state index contributed by atoms with van der Waals surface area (Å²) in [4.78, 5) is 10.2. The summed E-state index contributed by atoms with van der Waals surface area (Å²) in [6, 6.07) is 49.5. The lowest BCUT2D eigenvalue weighted by atomic mass is 10.0. The van der Waals surface area contributed by atoms with Crippen LogP contribution in [0.1, 0.15) is 11.1 Å². The van der Waals surface area contributed by atoms with Crippen LogP contribution in [-0.2, 0) is 6.42 Å². The molecule has 2 aromatic heterocycles. The van der Waals surface area contributed by atoms with Crippen LogP contribution in [0.25, 0.3) is 72.2 Å². The first kappa shape index (κ1) is 23.2. The largest absolute Gasteiger partial charge is 0.309 e. The van der Waals surface area contributed by atoms with E-state index < -0.39 is 0 Å². The minimum absolute atomic E-state index is 0.729. The molecule has 196 valence electrons. The van der Waals surface area contributed by atoms with Gasteiger partial charge in [-0.15, -0.1) is 0 Å². The number of hydrogen-bond donors (Lipinski definition) is 0. The Labute approximate surface area is 243 Å². The second kappa shape index (κ2) is 8.98. The number of fused-ring (bicyclic) bond motifs is 8. The highest BCUT2D eigenvalue weighted by Crippen LogP contribution is 2.44. The summed E-state index contributed by atoms with van der Waals surface area (Å²) in [5.41, 5.74) is 13.1. The van der Waals surface area contributed by atoms with E-state index in [0.717, 1.165) is 45.7 Å². The van der Waals surface area contributed by atoms with Gasteiger partial charge in [-0.05, 0) is 46.5 Å². The Morgan fingerprint density at radius 2 is 1.29 bits per heavy atom. The van der Waals surface area contributed by atoms with Gasteiger partial charge in [-0.1, -0.05) is 115 Å². The number of hydrogen-bond acceptors (Lipinski definition) is 2. The summed E-state index contributed by atoms with van der Waals surface area (Å²) in [6.45, 7) is 0. The molecule has 0 saturated carbocycles. The van der Waals surface area contributed by atoms with Crippen LogP contribution in [0, 0.1) is 0 Å². The predicted molar refractivity (Wildman–Crippen MR) is 173 cm³/mol. The van der Waals surface area contributed by atoms with Gasteiger partial charge in [0.2, 0.25) is 0 Å². The zero-order valence-electron chi connectivity index (χ0n) is 22.8. The van der Waals surface area contributed by atoms with Crippen LogP contribution in [0.2, 0.25) is 0 Å². The van der Waals surface area contributed by atoms with E-state index in [4.69, 9.17) is 9.97 Å². The summed E-state index contributed by atoms with van der Waals surface area (Å²) in [5.74, 6) is 0.729. The average molecular weight is 536 g/mol. The standard InChI is InChI=1S/C39H25N3/c1-2-11-25(12-3-1)37-33-18-6-8-19-35(33)40-39(41-37)27-14-10-15-28(23-27)42-36-20-9-7-17-31(36)32-22-21-30-29-16-5-4-13-26(29)24-34(30)38(32)42/h1-23H,24H2. The number of nitrogens with zero attached hydrogens (tertiary/aromatic N) is 3. The van der Waals surface area contributed by atoms with Crippen LogP contribution in [0.4, 0.5) is 0 Å². The molecule has 0 aliphatic heterocycles. The molecule has 0 spiro atoms. The Morgan fingerprint density at radius 3 is 2.21 bits per heavy atom. The van der Waals surface area contributed by atoms with E-state index in [2.05, 4.69) is 132 Å². The van der Waals surface area contributed by atoms with Crippen molar-refractivity contribution in [3.63, 3.8) is 0 Å². The van der Waals surface area contributed by atoms with E-state index in [9.17, 15) is 0 Å². The Bertz CT molecular complexity index is 2330. The second-order valence-electron chi connectivity index (χ2n) is 11.0. The summed E-state index contributed by atoms with van der Waals surface area (Å²) < 4.78 is 2.44. The topological polar surface area (TPSA) is 30.7 Å². The average Bonchev–Trinajstić information content (AvgIpc) is 3.61. The van der Waals surface area contributed by atoms with Gasteiger partial charge in [-0.2, -0.15) is 0 Å². The van der Waals surface area contributed by atoms with E-state index in [-0.39, 0.29) is 0 Å². The van der Waals surface area contributed by atoms with Gasteiger partial charge in [-0.3, -0.25) is 0 Å². The molecular formula is C39H25N3. The number of para-hydroxylation sites is 2. The van der Waals surface area contributed by atoms with Gasteiger partial charge in [0.25, 0.3) is 0 Å². The molecule has 0 radical (unpaired) electrons. The third-order valence-corrected chi connectivity index (χ3v) is 8.63. The van der Waals surface area contributed by atoms with Crippen molar-refractivity contribution in [1.29, 1.82) is 0 Å². The lowest BCUT2D eigenvalue weighted by molar-refractivity contribution is 1.15. The smallest absolute Gasteiger partial charge is 0.160 e. The van der Waals surface area contributed by atoms with Crippen LogP contribution in [0.5, 0.6) is 0 Å². The lowest BCUT2D eigenvalue weighted by Crippen LogP contribution is -1.99. The summed E-state index contributed by atoms with van der Waals surface area (Å²) in [5, 5.41) is 3.61. The maximum Gasteiger partial charge on any atom is 0.160 e. The lowest BCUT2D eigenvalue weighted by Gasteiger charge is -2.13. The van der Waals surface area contributed by atoms with Crippen molar-refractivity contribution >= 4 is 32.7 Å². The fourth-order valence-electron chi connectivity index (χ4n) is 6.76. The fourth-order valence-corrected chi connectivity index (χ4v) is 6.76. The first-order valence-electron chi connectivity index (χ1n) is 14.4. The molecule has 9 rings (SSSR count). The quantitative estimate of drug-likeness (QED) is 0.225. The van der Waals surface area contributed by atoms with Gasteiger partial charge in [0.1, 0.15) is 0 Å². The van der Waals surface area contributed by atoms with Crippen molar-refractivity contribution in [3.05, 3.63) is 151 Å². The number of benzene rings is 6. The van der Waals surface area contributed by atoms with Crippen molar-refractivity contribution in [2.24, 2.45) is 0 Å². The van der Waals surface area contributed by atoms with E-state index >= 15 is 0 Å². The molecule has 6 aromatic carbocycles. The summed E-state index contributed by atoms with van der Waals surface area (Å²) >= 11 is 0. The van der Waals surface area contributed by atoms with Crippen LogP contribution in [-0.4, -0.2) is 14.5 Å². The highest BCUT2D eigenvalue weighted by atomic mass is 15.0. The molecule has 0 saturated heterocycles. The van der Waals surface area contributed by atoms with Crippen LogP contribution >= 0.6 is 0 Å². The number of aromatic nitrogens is 3. The van der Waals surface area contributed by atoms with Crippen LogP contribution < -0.4 is 0 Å². The van der Waals surface area contributed by atoms with Gasteiger partial charge in [0, 0.05) is 39.4 Å². The van der Waals surface area contributed by atoms with E-state index in [1.165, 1.54) is 44.1 Å². The molecule has 42 heavy (non-hydrogen) atoms. The van der Waals surface area contributed by atoms with Crippen molar-refractivity contribution in [1.82, 2.24) is 14.5 Å². The van der Waals surface area contributed by atoms with E-state index in [1.54, 1.807) is 0 Å². The van der Waals surface area contributed by atoms with Gasteiger partial charge in [-0.25, -0.2) is 9.97 Å². The molecule has 8 aromatic rings. The molecule has 0 bridgehead atoms. The van der Waals surface area contributed by atoms with Crippen molar-refractivity contribution < 1.29 is 0 Å². The number of rotatable bonds is 3. The fraction of sp³-hybridized carbons (Fsp3) is 0.0256. The maximum absolute atomic E-state index is 5.15. The Kier molecular flexibility index (Phi) is 4.96. The first-order valence-corrected chi connectivity index (χ1v) is 14.4. The SMILES string of the molecule is c1ccc(-c2nc(-c3cccc(-n4c5ccccc5c5ccc6c(c54)Cc4ccccc4-6)c3)nc3ccccc23)cc1. The van der Waals surface area contributed by atoms with Crippen molar-refractivity contribution in [2.75, 3.05) is 0 Å². The van der Waals surface area contributed by atoms with E-state index in [1.807, 2.05) is 12.1 Å². The Hall–Kier alpha value is -5.54. The normalized spacial score (nSPS) is 12.2. The Morgan fingerprint density at radius 1 is 0.524 bits per heavy atom. The molecular weight excluding hydrogens is 510 g/mol. The molecule has 0 N–H and O–H groups in total. The highest BCUT2D eigenvalue weighted by molar-refractivity contribution is 6.12. The third kappa shape index (κ3) is 3.40. The molecule has 0 amide bonds. The van der Waals surface area contributed by atoms with Gasteiger partial charge < -0.3 is 4.57 Å². The Balaban J connectivity index is 1.29. The van der Waals surface area contributed by atoms with Crippen LogP contribution in [0.3, 0.4) is 0 Å². The summed E-state index contributed by atoms with van der Waals surface area (Å²) in [6.07, 6.45) is 0.938. The van der Waals surface area contributed by atoms with Crippen molar-refractivity contribution in [2.45, 2.75) is 6.42 Å². The molecule has 3 nitrogen and oxygen atoms in total. The monoisotopic (exact) mass is 535 g/mol. The van der Waals surface area contributed by atoms with Gasteiger partial charge in [0.15, 0.2) is 5.82 Å². The minimum atomic E-state index is 0.729. The molecule has 0 unspecified atom stereocenters. The van der Waals surface area contributed by atoms with Crippen molar-refractivity contribution in [3.8, 4) is 39.5 Å². The zero-order chi connectivity index (χ0) is 27.6.